The minimum Gasteiger partial charge on any atom is -1.00 e. The fourth-order valence-electron chi connectivity index (χ4n) is 6.83. The summed E-state index contributed by atoms with van der Waals surface area (Å²) in [5.41, 5.74) is 8.49. The van der Waals surface area contributed by atoms with E-state index in [0.29, 0.717) is 43.0 Å². The van der Waals surface area contributed by atoms with Gasteiger partial charge >= 0.3 is 12.1 Å². The number of allylic oxidation sites excluding steroid dienone is 1. The second-order valence-electron chi connectivity index (χ2n) is 12.7. The van der Waals surface area contributed by atoms with Gasteiger partial charge in [-0.2, -0.15) is 0 Å². The lowest BCUT2D eigenvalue weighted by Gasteiger charge is -2.48. The number of methoxy groups -OCH3 is 1. The first-order chi connectivity index (χ1) is 21.2. The third-order valence-corrected chi connectivity index (χ3v) is 9.75. The highest BCUT2D eigenvalue weighted by Crippen LogP contribution is 2.42. The number of nitrogens with zero attached hydrogens (tertiary/aromatic N) is 2. The maximum atomic E-state index is 13.1. The number of rotatable bonds is 21. The van der Waals surface area contributed by atoms with E-state index < -0.39 is 18.1 Å². The van der Waals surface area contributed by atoms with Crippen LogP contribution in [0.3, 0.4) is 0 Å². The largest absolute Gasteiger partial charge is 1.00 e. The van der Waals surface area contributed by atoms with Crippen molar-refractivity contribution < 1.29 is 41.0 Å². The van der Waals surface area contributed by atoms with Crippen molar-refractivity contribution in [1.29, 1.82) is 0 Å². The molecule has 9 nitrogen and oxygen atoms in total. The van der Waals surface area contributed by atoms with E-state index in [4.69, 9.17) is 15.3 Å². The minimum absolute atomic E-state index is 0. The molecule has 0 spiro atoms. The van der Waals surface area contributed by atoms with Crippen molar-refractivity contribution in [3.63, 3.8) is 0 Å². The highest BCUT2D eigenvalue weighted by atomic mass is 35.5. The number of carbonyl (C=O) groups is 3. The van der Waals surface area contributed by atoms with Crippen LogP contribution in [0.5, 0.6) is 0 Å². The normalized spacial score (nSPS) is 21.2. The van der Waals surface area contributed by atoms with Gasteiger partial charge in [0.25, 0.3) is 0 Å². The summed E-state index contributed by atoms with van der Waals surface area (Å²) in [4.78, 5) is 46.0. The van der Waals surface area contributed by atoms with Crippen LogP contribution < -0.4 is 23.5 Å². The van der Waals surface area contributed by atoms with E-state index in [1.54, 1.807) is 4.90 Å². The first kappa shape index (κ1) is 40.8. The molecular formula is C35H63ClN4O5. The molecule has 2 aliphatic rings. The number of hydrogen-bond donors (Lipinski definition) is 2. The number of hydrogen-bond acceptors (Lipinski definition) is 6. The highest BCUT2D eigenvalue weighted by molar-refractivity contribution is 5.95. The van der Waals surface area contributed by atoms with Crippen molar-refractivity contribution in [2.45, 2.75) is 156 Å². The third-order valence-electron chi connectivity index (χ3n) is 9.75. The van der Waals surface area contributed by atoms with E-state index >= 15 is 0 Å². The lowest BCUT2D eigenvalue weighted by molar-refractivity contribution is -1.07. The first-order valence-electron chi connectivity index (χ1n) is 17.6. The number of likely N-dealkylation sites (N-methyl/N-ethyl adjacent to an activating group) is 1. The molecule has 2 amide bonds. The Morgan fingerprint density at radius 2 is 1.38 bits per heavy atom. The van der Waals surface area contributed by atoms with Crippen molar-refractivity contribution in [3.05, 3.63) is 22.5 Å². The second kappa shape index (κ2) is 21.5. The van der Waals surface area contributed by atoms with Gasteiger partial charge < -0.3 is 33.1 Å². The zero-order valence-corrected chi connectivity index (χ0v) is 29.9. The van der Waals surface area contributed by atoms with Gasteiger partial charge in [0, 0.05) is 26.9 Å². The molecule has 0 bridgehead atoms. The Labute approximate surface area is 279 Å². The summed E-state index contributed by atoms with van der Waals surface area (Å²) >= 11 is 0. The van der Waals surface area contributed by atoms with E-state index in [-0.39, 0.29) is 34.6 Å². The zero-order valence-electron chi connectivity index (χ0n) is 29.2. The summed E-state index contributed by atoms with van der Waals surface area (Å²) in [6.45, 7) is 11.0. The monoisotopic (exact) mass is 654 g/mol. The summed E-state index contributed by atoms with van der Waals surface area (Å²) in [6, 6.07) is -0.807. The number of carbonyl (C=O) groups excluding carboxylic acids is 3. The molecule has 0 aromatic rings. The molecule has 2 rings (SSSR count). The molecule has 0 saturated carbocycles. The number of likely N-dealkylation sites (tertiary alicyclic amines) is 1. The zero-order chi connectivity index (χ0) is 32.5. The molecule has 10 heteroatoms. The standard InChI is InChI=1S/C35H62N4O5.ClH/c1-7-9-10-11-12-13-14-15-16-17-18-19-20-21-22-23-25-37-35(42)44-39(8-2)27(3)31(30-24-26-38(30)29(5)40)32(34(41)43-6)33(36)28(39)4;/h28,30H,7-26H2,1-6H3,(H2-,36,37,41,42);1H. The number of ether oxygens (including phenoxy) is 1. The average Bonchev–Trinajstić information content (AvgIpc) is 2.98. The summed E-state index contributed by atoms with van der Waals surface area (Å²) < 4.78 is 4.93. The molecule has 3 unspecified atom stereocenters. The van der Waals surface area contributed by atoms with Crippen LogP contribution in [0.15, 0.2) is 22.5 Å². The number of halogens is 1. The van der Waals surface area contributed by atoms with Gasteiger partial charge in [0.15, 0.2) is 11.7 Å². The number of esters is 1. The number of quaternary nitrogens is 1. The van der Waals surface area contributed by atoms with E-state index in [0.717, 1.165) is 12.8 Å². The smallest absolute Gasteiger partial charge is 0.462 e. The number of nitrogens with two attached hydrogens (primary N) is 1. The summed E-state index contributed by atoms with van der Waals surface area (Å²) in [6.07, 6.45) is 21.1. The van der Waals surface area contributed by atoms with Crippen molar-refractivity contribution in [3.8, 4) is 0 Å². The van der Waals surface area contributed by atoms with Gasteiger partial charge in [0.1, 0.15) is 6.54 Å². The molecule has 1 fully saturated rings. The Morgan fingerprint density at radius 1 is 0.889 bits per heavy atom. The van der Waals surface area contributed by atoms with Gasteiger partial charge in [-0.1, -0.05) is 108 Å². The SMILES string of the molecule is CCCCCCCCCCCCCCCCCCNC(=O)O[N+]1(CC)C(C)=C(C2CCN2C(C)=O)C(C(=O)OC)=C(N)C1C.[Cl-]. The predicted octanol–water partition coefficient (Wildman–Crippen LogP) is 4.41. The molecule has 0 aromatic carbocycles. The van der Waals surface area contributed by atoms with Crippen LogP contribution in [0.1, 0.15) is 144 Å². The van der Waals surface area contributed by atoms with E-state index in [1.807, 2.05) is 20.8 Å². The fourth-order valence-corrected chi connectivity index (χ4v) is 6.83. The Morgan fingerprint density at radius 3 is 1.78 bits per heavy atom. The van der Waals surface area contributed by atoms with Crippen LogP contribution >= 0.6 is 0 Å². The number of unbranched alkanes of at least 4 members (excludes halogenated alkanes) is 15. The lowest BCUT2D eigenvalue weighted by atomic mass is 9.82. The van der Waals surface area contributed by atoms with E-state index in [1.165, 1.54) is 104 Å². The molecule has 0 radical (unpaired) electrons. The molecule has 260 valence electrons. The van der Waals surface area contributed by atoms with Gasteiger partial charge in [-0.05, 0) is 26.7 Å². The fraction of sp³-hybridized carbons (Fsp3) is 0.800. The second-order valence-corrected chi connectivity index (χ2v) is 12.7. The summed E-state index contributed by atoms with van der Waals surface area (Å²) in [7, 11) is 1.32. The maximum Gasteiger partial charge on any atom is 0.462 e. The number of hydroxylamine groups is 3. The predicted molar refractivity (Wildman–Crippen MR) is 176 cm³/mol. The number of amides is 2. The van der Waals surface area contributed by atoms with Gasteiger partial charge in [-0.25, -0.2) is 14.4 Å². The van der Waals surface area contributed by atoms with Crippen molar-refractivity contribution in [2.75, 3.05) is 26.7 Å². The molecule has 45 heavy (non-hydrogen) atoms. The van der Waals surface area contributed by atoms with Gasteiger partial charge in [-0.3, -0.25) is 4.79 Å². The lowest BCUT2D eigenvalue weighted by Crippen LogP contribution is -3.00. The summed E-state index contributed by atoms with van der Waals surface area (Å²) in [5.74, 6) is -0.615. The van der Waals surface area contributed by atoms with Gasteiger partial charge in [0.05, 0.1) is 30.0 Å². The van der Waals surface area contributed by atoms with Crippen LogP contribution in [0, 0.1) is 0 Å². The summed E-state index contributed by atoms with van der Waals surface area (Å²) in [5, 5.41) is 2.93. The molecule has 3 atom stereocenters. The topological polar surface area (TPSA) is 111 Å². The van der Waals surface area contributed by atoms with Gasteiger partial charge in [0.2, 0.25) is 5.91 Å². The molecule has 3 N–H and O–H groups in total. The Hall–Kier alpha value is -2.26. The van der Waals surface area contributed by atoms with Crippen molar-refractivity contribution >= 4 is 18.0 Å². The average molecular weight is 655 g/mol. The first-order valence-corrected chi connectivity index (χ1v) is 17.6. The van der Waals surface area contributed by atoms with Crippen molar-refractivity contribution in [1.82, 2.24) is 10.2 Å². The van der Waals surface area contributed by atoms with Crippen molar-refractivity contribution in [2.24, 2.45) is 5.73 Å². The quantitative estimate of drug-likeness (QED) is 0.108. The van der Waals surface area contributed by atoms with Crippen LogP contribution in [0.25, 0.3) is 0 Å². The number of nitrogens with one attached hydrogen (secondary N) is 1. The molecule has 2 aliphatic heterocycles. The van der Waals surface area contributed by atoms with Gasteiger partial charge in [-0.15, -0.1) is 0 Å². The molecule has 0 aromatic heterocycles. The molecule has 1 saturated heterocycles. The Balaban J connectivity index is 0.0000101. The third kappa shape index (κ3) is 11.5. The van der Waals surface area contributed by atoms with Crippen LogP contribution in [-0.2, 0) is 19.2 Å². The highest BCUT2D eigenvalue weighted by Gasteiger charge is 2.53. The van der Waals surface area contributed by atoms with Crippen LogP contribution in [0.2, 0.25) is 0 Å². The van der Waals surface area contributed by atoms with E-state index in [2.05, 4.69) is 12.2 Å². The maximum absolute atomic E-state index is 13.1. The molecule has 0 aliphatic carbocycles. The Kier molecular flexibility index (Phi) is 19.5. The Bertz CT molecular complexity index is 1000. The molecule has 2 heterocycles. The van der Waals surface area contributed by atoms with Crippen LogP contribution in [-0.4, -0.2) is 66.3 Å². The molecular weight excluding hydrogens is 592 g/mol. The van der Waals surface area contributed by atoms with Crippen LogP contribution in [0.4, 0.5) is 4.79 Å². The van der Waals surface area contributed by atoms with E-state index in [9.17, 15) is 14.4 Å². The minimum atomic E-state index is -0.541.